The van der Waals surface area contributed by atoms with Crippen molar-refractivity contribution in [2.24, 2.45) is 7.05 Å². The largest absolute Gasteiger partial charge is 0.363 e. The van der Waals surface area contributed by atoms with Gasteiger partial charge in [-0.1, -0.05) is 0 Å². The van der Waals surface area contributed by atoms with Crippen LogP contribution in [0.25, 0.3) is 0 Å². The highest BCUT2D eigenvalue weighted by atomic mass is 19.3. The summed E-state index contributed by atoms with van der Waals surface area (Å²) in [5.41, 5.74) is 0.471. The molecular weight excluding hydrogens is 340 g/mol. The Morgan fingerprint density at radius 2 is 2.19 bits per heavy atom. The van der Waals surface area contributed by atoms with Gasteiger partial charge in [0.2, 0.25) is 5.95 Å². The number of rotatable bonds is 6. The third-order valence-corrected chi connectivity index (χ3v) is 4.48. The van der Waals surface area contributed by atoms with Crippen LogP contribution in [0.4, 0.5) is 20.5 Å². The molecule has 1 atom stereocenters. The molecule has 1 N–H and O–H groups in total. The molecule has 0 radical (unpaired) electrons. The first-order valence-electron chi connectivity index (χ1n) is 8.72. The number of halogens is 2. The number of piperidine rings is 1. The van der Waals surface area contributed by atoms with Crippen molar-refractivity contribution in [1.29, 1.82) is 0 Å². The first-order chi connectivity index (χ1) is 12.4. The molecule has 7 nitrogen and oxygen atoms in total. The molecule has 0 amide bonds. The van der Waals surface area contributed by atoms with Gasteiger partial charge in [0, 0.05) is 58.2 Å². The van der Waals surface area contributed by atoms with Crippen LogP contribution in [0.5, 0.6) is 0 Å². The van der Waals surface area contributed by atoms with Gasteiger partial charge in [-0.2, -0.15) is 10.1 Å². The second kappa shape index (κ2) is 7.94. The Balaban J connectivity index is 1.64. The van der Waals surface area contributed by atoms with Gasteiger partial charge in [0.1, 0.15) is 11.5 Å². The second-order valence-electron chi connectivity index (χ2n) is 6.87. The van der Waals surface area contributed by atoms with Crippen LogP contribution in [-0.2, 0) is 13.6 Å². The summed E-state index contributed by atoms with van der Waals surface area (Å²) in [6.07, 6.45) is 2.86. The van der Waals surface area contributed by atoms with Crippen LogP contribution in [0, 0.1) is 0 Å². The van der Waals surface area contributed by atoms with Crippen molar-refractivity contribution in [3.63, 3.8) is 0 Å². The molecule has 3 rings (SSSR count). The Hall–Kier alpha value is -2.29. The first-order valence-corrected chi connectivity index (χ1v) is 8.72. The maximum Gasteiger partial charge on any atom is 0.282 e. The van der Waals surface area contributed by atoms with Crippen LogP contribution < -0.4 is 10.2 Å². The number of nitrogens with zero attached hydrogens (tertiary/aromatic N) is 6. The summed E-state index contributed by atoms with van der Waals surface area (Å²) in [5.74, 6) is 1.43. The van der Waals surface area contributed by atoms with Gasteiger partial charge in [0.25, 0.3) is 6.43 Å². The normalized spacial score (nSPS) is 18.3. The summed E-state index contributed by atoms with van der Waals surface area (Å²) in [5, 5.41) is 7.26. The van der Waals surface area contributed by atoms with Crippen molar-refractivity contribution in [1.82, 2.24) is 24.6 Å². The van der Waals surface area contributed by atoms with E-state index in [0.717, 1.165) is 31.7 Å². The molecule has 2 aromatic heterocycles. The number of hydrogen-bond acceptors (Lipinski definition) is 6. The van der Waals surface area contributed by atoms with Gasteiger partial charge in [-0.15, -0.1) is 0 Å². The summed E-state index contributed by atoms with van der Waals surface area (Å²) in [7, 11) is 5.54. The van der Waals surface area contributed by atoms with E-state index in [2.05, 4.69) is 25.3 Å². The molecule has 1 unspecified atom stereocenters. The van der Waals surface area contributed by atoms with E-state index in [1.807, 2.05) is 25.1 Å². The molecule has 0 bridgehead atoms. The quantitative estimate of drug-likeness (QED) is 0.848. The molecule has 1 saturated heterocycles. The van der Waals surface area contributed by atoms with Gasteiger partial charge in [0.15, 0.2) is 0 Å². The Morgan fingerprint density at radius 3 is 2.92 bits per heavy atom. The Labute approximate surface area is 152 Å². The lowest BCUT2D eigenvalue weighted by molar-refractivity contribution is 0.141. The minimum Gasteiger partial charge on any atom is -0.363 e. The van der Waals surface area contributed by atoms with Crippen LogP contribution >= 0.6 is 0 Å². The molecule has 1 aliphatic rings. The lowest BCUT2D eigenvalue weighted by Gasteiger charge is -2.33. The fraction of sp³-hybridized carbons (Fsp3) is 0.588. The molecule has 0 saturated carbocycles. The molecule has 9 heteroatoms. The summed E-state index contributed by atoms with van der Waals surface area (Å²) in [4.78, 5) is 12.9. The monoisotopic (exact) mass is 365 g/mol. The highest BCUT2D eigenvalue weighted by molar-refractivity contribution is 5.41. The average molecular weight is 365 g/mol. The van der Waals surface area contributed by atoms with Gasteiger partial charge < -0.3 is 10.2 Å². The lowest BCUT2D eigenvalue weighted by Crippen LogP contribution is -2.42. The van der Waals surface area contributed by atoms with E-state index < -0.39 is 6.43 Å². The van der Waals surface area contributed by atoms with Crippen molar-refractivity contribution < 1.29 is 8.78 Å². The highest BCUT2D eigenvalue weighted by Crippen LogP contribution is 2.24. The van der Waals surface area contributed by atoms with Crippen LogP contribution in [-0.4, -0.2) is 57.9 Å². The molecule has 0 spiro atoms. The first kappa shape index (κ1) is 18.5. The molecule has 1 fully saturated rings. The standard InChI is InChI=1S/C17H25F2N7/c1-24(2)14-6-7-20-17(22-14)21-13-5-4-8-26(11-13)10-12-9-25(3)23-15(12)16(18)19/h6-7,9,13,16H,4-5,8,10-11H2,1-3H3,(H,20,21,22). The minimum absolute atomic E-state index is 0.121. The topological polar surface area (TPSA) is 62.1 Å². The predicted octanol–water partition coefficient (Wildman–Crippen LogP) is 2.29. The predicted molar refractivity (Wildman–Crippen MR) is 96.4 cm³/mol. The molecule has 142 valence electrons. The van der Waals surface area contributed by atoms with Crippen LogP contribution in [0.15, 0.2) is 18.5 Å². The van der Waals surface area contributed by atoms with E-state index in [1.165, 1.54) is 4.68 Å². The Morgan fingerprint density at radius 1 is 1.38 bits per heavy atom. The van der Waals surface area contributed by atoms with E-state index >= 15 is 0 Å². The molecule has 0 aromatic carbocycles. The Bertz CT molecular complexity index is 732. The number of aromatic nitrogens is 4. The van der Waals surface area contributed by atoms with E-state index in [4.69, 9.17) is 0 Å². The zero-order valence-electron chi connectivity index (χ0n) is 15.4. The lowest BCUT2D eigenvalue weighted by atomic mass is 10.0. The SMILES string of the molecule is CN(C)c1ccnc(NC2CCCN(Cc3cn(C)nc3C(F)F)C2)n1. The molecule has 0 aliphatic carbocycles. The van der Waals surface area contributed by atoms with Crippen molar-refractivity contribution in [3.05, 3.63) is 29.7 Å². The second-order valence-corrected chi connectivity index (χ2v) is 6.87. The number of aryl methyl sites for hydroxylation is 1. The van der Waals surface area contributed by atoms with Crippen molar-refractivity contribution in [2.75, 3.05) is 37.4 Å². The molecule has 26 heavy (non-hydrogen) atoms. The van der Waals surface area contributed by atoms with Crippen molar-refractivity contribution in [3.8, 4) is 0 Å². The summed E-state index contributed by atoms with van der Waals surface area (Å²) >= 11 is 0. The fourth-order valence-corrected chi connectivity index (χ4v) is 3.27. The van der Waals surface area contributed by atoms with Gasteiger partial charge in [-0.05, 0) is 25.5 Å². The van der Waals surface area contributed by atoms with Gasteiger partial charge in [-0.25, -0.2) is 13.8 Å². The average Bonchev–Trinajstić information content (AvgIpc) is 2.96. The van der Waals surface area contributed by atoms with Crippen LogP contribution in [0.2, 0.25) is 0 Å². The highest BCUT2D eigenvalue weighted by Gasteiger charge is 2.24. The van der Waals surface area contributed by atoms with E-state index in [9.17, 15) is 8.78 Å². The number of anilines is 2. The van der Waals surface area contributed by atoms with Crippen LogP contribution in [0.3, 0.4) is 0 Å². The molecule has 3 heterocycles. The number of alkyl halides is 2. The smallest absolute Gasteiger partial charge is 0.282 e. The number of hydrogen-bond donors (Lipinski definition) is 1. The zero-order chi connectivity index (χ0) is 18.7. The third kappa shape index (κ3) is 4.46. The molecule has 1 aliphatic heterocycles. The number of nitrogens with one attached hydrogen (secondary N) is 1. The number of likely N-dealkylation sites (tertiary alicyclic amines) is 1. The van der Waals surface area contributed by atoms with E-state index in [1.54, 1.807) is 19.4 Å². The Kier molecular flexibility index (Phi) is 5.65. The zero-order valence-corrected chi connectivity index (χ0v) is 15.4. The van der Waals surface area contributed by atoms with E-state index in [-0.39, 0.29) is 11.7 Å². The minimum atomic E-state index is -2.55. The maximum atomic E-state index is 13.1. The van der Waals surface area contributed by atoms with Crippen LogP contribution in [0.1, 0.15) is 30.5 Å². The molecule has 2 aromatic rings. The van der Waals surface area contributed by atoms with Crippen molar-refractivity contribution >= 4 is 11.8 Å². The third-order valence-electron chi connectivity index (χ3n) is 4.48. The summed E-state index contributed by atoms with van der Waals surface area (Å²) < 4.78 is 27.7. The van der Waals surface area contributed by atoms with Gasteiger partial charge >= 0.3 is 0 Å². The molecular formula is C17H25F2N7. The maximum absolute atomic E-state index is 13.1. The van der Waals surface area contributed by atoms with Crippen molar-refractivity contribution in [2.45, 2.75) is 31.9 Å². The summed E-state index contributed by atoms with van der Waals surface area (Å²) in [6.45, 7) is 2.12. The van der Waals surface area contributed by atoms with Gasteiger partial charge in [0.05, 0.1) is 0 Å². The van der Waals surface area contributed by atoms with E-state index in [0.29, 0.717) is 18.1 Å². The van der Waals surface area contributed by atoms with Gasteiger partial charge in [-0.3, -0.25) is 9.58 Å². The summed E-state index contributed by atoms with van der Waals surface area (Å²) in [6, 6.07) is 2.04. The fourth-order valence-electron chi connectivity index (χ4n) is 3.27.